The molecule has 2 aromatic rings. The SMILES string of the molecule is CSCCC(NC(=O)c1ccc(Cl)cc1Cl)C(=O)OCC(=O)Nc1cc(C)cc(C)c1. The lowest BCUT2D eigenvalue weighted by Crippen LogP contribution is -2.43. The Morgan fingerprint density at radius 1 is 1.06 bits per heavy atom. The monoisotopic (exact) mass is 482 g/mol. The van der Waals surface area contributed by atoms with Gasteiger partial charge >= 0.3 is 5.97 Å². The first kappa shape index (κ1) is 25.0. The summed E-state index contributed by atoms with van der Waals surface area (Å²) >= 11 is 13.5. The molecule has 0 radical (unpaired) electrons. The normalized spacial score (nSPS) is 11.5. The number of rotatable bonds is 9. The van der Waals surface area contributed by atoms with E-state index in [1.54, 1.807) is 0 Å². The Balaban J connectivity index is 1.98. The minimum Gasteiger partial charge on any atom is -0.454 e. The molecule has 0 spiro atoms. The summed E-state index contributed by atoms with van der Waals surface area (Å²) in [6.07, 6.45) is 2.23. The smallest absolute Gasteiger partial charge is 0.329 e. The van der Waals surface area contributed by atoms with Gasteiger partial charge in [-0.1, -0.05) is 29.3 Å². The molecule has 0 aliphatic rings. The Morgan fingerprint density at radius 2 is 1.74 bits per heavy atom. The van der Waals surface area contributed by atoms with Crippen LogP contribution in [-0.4, -0.2) is 42.4 Å². The molecule has 0 aliphatic carbocycles. The largest absolute Gasteiger partial charge is 0.454 e. The van der Waals surface area contributed by atoms with Gasteiger partial charge in [0.15, 0.2) is 6.61 Å². The quantitative estimate of drug-likeness (QED) is 0.508. The molecule has 9 heteroatoms. The second kappa shape index (κ2) is 12.0. The molecular weight excluding hydrogens is 459 g/mol. The lowest BCUT2D eigenvalue weighted by atomic mass is 10.1. The van der Waals surface area contributed by atoms with Crippen molar-refractivity contribution in [1.29, 1.82) is 0 Å². The van der Waals surface area contributed by atoms with Crippen molar-refractivity contribution in [2.45, 2.75) is 26.3 Å². The van der Waals surface area contributed by atoms with Crippen LogP contribution >= 0.6 is 35.0 Å². The number of esters is 1. The van der Waals surface area contributed by atoms with Gasteiger partial charge in [0.2, 0.25) is 0 Å². The molecule has 0 saturated carbocycles. The van der Waals surface area contributed by atoms with Gasteiger partial charge in [0, 0.05) is 10.7 Å². The number of amides is 2. The van der Waals surface area contributed by atoms with Gasteiger partial charge in [-0.25, -0.2) is 4.79 Å². The van der Waals surface area contributed by atoms with Crippen molar-refractivity contribution in [2.24, 2.45) is 0 Å². The van der Waals surface area contributed by atoms with Crippen LogP contribution in [0.3, 0.4) is 0 Å². The molecule has 0 saturated heterocycles. The van der Waals surface area contributed by atoms with Crippen LogP contribution in [0.4, 0.5) is 5.69 Å². The van der Waals surface area contributed by atoms with E-state index in [9.17, 15) is 14.4 Å². The van der Waals surface area contributed by atoms with E-state index in [2.05, 4.69) is 10.6 Å². The zero-order valence-corrected chi connectivity index (χ0v) is 19.8. The highest BCUT2D eigenvalue weighted by Gasteiger charge is 2.24. The molecule has 1 atom stereocenters. The number of ether oxygens (including phenoxy) is 1. The summed E-state index contributed by atoms with van der Waals surface area (Å²) < 4.78 is 5.15. The average Bonchev–Trinajstić information content (AvgIpc) is 2.68. The summed E-state index contributed by atoms with van der Waals surface area (Å²) in [5.74, 6) is -1.06. The summed E-state index contributed by atoms with van der Waals surface area (Å²) in [6, 6.07) is 9.18. The molecule has 0 aromatic heterocycles. The van der Waals surface area contributed by atoms with Crippen LogP contribution < -0.4 is 10.6 Å². The van der Waals surface area contributed by atoms with E-state index in [0.717, 1.165) is 11.1 Å². The van der Waals surface area contributed by atoms with Crippen LogP contribution in [0.25, 0.3) is 0 Å². The molecule has 0 bridgehead atoms. The first-order valence-corrected chi connectivity index (χ1v) is 11.6. The maximum Gasteiger partial charge on any atom is 0.329 e. The zero-order chi connectivity index (χ0) is 23.0. The fourth-order valence-corrected chi connectivity index (χ4v) is 3.84. The van der Waals surface area contributed by atoms with E-state index in [1.807, 2.05) is 38.3 Å². The van der Waals surface area contributed by atoms with Crippen LogP contribution in [0.2, 0.25) is 10.0 Å². The topological polar surface area (TPSA) is 84.5 Å². The van der Waals surface area contributed by atoms with Crippen molar-refractivity contribution in [3.8, 4) is 0 Å². The Labute approximate surface area is 196 Å². The van der Waals surface area contributed by atoms with Gasteiger partial charge in [0.05, 0.1) is 10.6 Å². The fourth-order valence-electron chi connectivity index (χ4n) is 2.88. The van der Waals surface area contributed by atoms with Gasteiger partial charge in [0.25, 0.3) is 11.8 Å². The van der Waals surface area contributed by atoms with Crippen LogP contribution in [0, 0.1) is 13.8 Å². The second-order valence-electron chi connectivity index (χ2n) is 6.96. The zero-order valence-electron chi connectivity index (χ0n) is 17.5. The molecule has 2 amide bonds. The maximum absolute atomic E-state index is 12.6. The standard InChI is InChI=1S/C22H24Cl2N2O4S/c1-13-8-14(2)10-16(9-13)25-20(27)12-30-22(29)19(6-7-31-3)26-21(28)17-5-4-15(23)11-18(17)24/h4-5,8-11,19H,6-7,12H2,1-3H3,(H,25,27)(H,26,28). The van der Waals surface area contributed by atoms with Crippen LogP contribution in [0.1, 0.15) is 27.9 Å². The molecule has 6 nitrogen and oxygen atoms in total. The van der Waals surface area contributed by atoms with Gasteiger partial charge in [-0.05, 0) is 73.7 Å². The average molecular weight is 483 g/mol. The van der Waals surface area contributed by atoms with Crippen molar-refractivity contribution >= 4 is 58.4 Å². The van der Waals surface area contributed by atoms with Crippen molar-refractivity contribution in [1.82, 2.24) is 5.32 Å². The number of hydrogen-bond acceptors (Lipinski definition) is 5. The third-order valence-corrected chi connectivity index (χ3v) is 5.42. The highest BCUT2D eigenvalue weighted by atomic mass is 35.5. The second-order valence-corrected chi connectivity index (χ2v) is 8.79. The molecule has 1 unspecified atom stereocenters. The molecule has 31 heavy (non-hydrogen) atoms. The van der Waals surface area contributed by atoms with Gasteiger partial charge in [-0.15, -0.1) is 0 Å². The number of thioether (sulfide) groups is 1. The van der Waals surface area contributed by atoms with Crippen molar-refractivity contribution in [3.63, 3.8) is 0 Å². The van der Waals surface area contributed by atoms with E-state index < -0.39 is 30.4 Å². The Kier molecular flexibility index (Phi) is 9.68. The molecule has 2 N–H and O–H groups in total. The number of halogens is 2. The summed E-state index contributed by atoms with van der Waals surface area (Å²) in [4.78, 5) is 37.3. The number of hydrogen-bond donors (Lipinski definition) is 2. The number of anilines is 1. The predicted molar refractivity (Wildman–Crippen MR) is 126 cm³/mol. The minimum absolute atomic E-state index is 0.176. The van der Waals surface area contributed by atoms with E-state index in [4.69, 9.17) is 27.9 Å². The van der Waals surface area contributed by atoms with E-state index in [0.29, 0.717) is 22.9 Å². The van der Waals surface area contributed by atoms with Crippen LogP contribution in [0.5, 0.6) is 0 Å². The summed E-state index contributed by atoms with van der Waals surface area (Å²) in [5, 5.41) is 5.91. The van der Waals surface area contributed by atoms with Crippen molar-refractivity contribution < 1.29 is 19.1 Å². The molecular formula is C22H24Cl2N2O4S. The third kappa shape index (κ3) is 8.09. The maximum atomic E-state index is 12.6. The first-order valence-electron chi connectivity index (χ1n) is 9.49. The third-order valence-electron chi connectivity index (χ3n) is 4.23. The van der Waals surface area contributed by atoms with Gasteiger partial charge in [0.1, 0.15) is 6.04 Å². The number of aryl methyl sites for hydroxylation is 2. The summed E-state index contributed by atoms with van der Waals surface area (Å²) in [5.41, 5.74) is 2.84. The summed E-state index contributed by atoms with van der Waals surface area (Å²) in [6.45, 7) is 3.39. The van der Waals surface area contributed by atoms with Crippen molar-refractivity contribution in [2.75, 3.05) is 23.9 Å². The number of carbonyl (C=O) groups excluding carboxylic acids is 3. The fraction of sp³-hybridized carbons (Fsp3) is 0.318. The Hall–Kier alpha value is -2.22. The molecule has 0 aliphatic heterocycles. The molecule has 0 fully saturated rings. The predicted octanol–water partition coefficient (Wildman–Crippen LogP) is 4.64. The van der Waals surface area contributed by atoms with Crippen LogP contribution in [0.15, 0.2) is 36.4 Å². The van der Waals surface area contributed by atoms with Crippen molar-refractivity contribution in [3.05, 3.63) is 63.1 Å². The lowest BCUT2D eigenvalue weighted by molar-refractivity contribution is -0.149. The first-order chi connectivity index (χ1) is 14.7. The lowest BCUT2D eigenvalue weighted by Gasteiger charge is -2.18. The number of carbonyl (C=O) groups is 3. The number of nitrogens with one attached hydrogen (secondary N) is 2. The Bertz CT molecular complexity index is 948. The molecule has 166 valence electrons. The summed E-state index contributed by atoms with van der Waals surface area (Å²) in [7, 11) is 0. The van der Waals surface area contributed by atoms with E-state index >= 15 is 0 Å². The van der Waals surface area contributed by atoms with Gasteiger partial charge in [-0.3, -0.25) is 9.59 Å². The molecule has 2 rings (SSSR count). The molecule has 0 heterocycles. The Morgan fingerprint density at radius 3 is 2.35 bits per heavy atom. The van der Waals surface area contributed by atoms with E-state index in [-0.39, 0.29) is 10.6 Å². The van der Waals surface area contributed by atoms with Gasteiger partial charge < -0.3 is 15.4 Å². The van der Waals surface area contributed by atoms with E-state index in [1.165, 1.54) is 30.0 Å². The highest BCUT2D eigenvalue weighted by molar-refractivity contribution is 7.98. The minimum atomic E-state index is -0.916. The van der Waals surface area contributed by atoms with Crippen LogP contribution in [-0.2, 0) is 14.3 Å². The molecule has 2 aromatic carbocycles. The highest BCUT2D eigenvalue weighted by Crippen LogP contribution is 2.21. The van der Waals surface area contributed by atoms with Gasteiger partial charge in [-0.2, -0.15) is 11.8 Å². The number of benzene rings is 2.